The fourth-order valence-corrected chi connectivity index (χ4v) is 4.39. The number of aryl methyl sites for hydroxylation is 2. The van der Waals surface area contributed by atoms with Crippen molar-refractivity contribution in [2.75, 3.05) is 13.2 Å². The van der Waals surface area contributed by atoms with E-state index in [1.54, 1.807) is 4.90 Å². The van der Waals surface area contributed by atoms with Crippen molar-refractivity contribution in [2.24, 2.45) is 0 Å². The molecule has 1 N–H and O–H groups in total. The molecular formula is C25H27NO4. The van der Waals surface area contributed by atoms with Crippen LogP contribution in [0.3, 0.4) is 0 Å². The number of carbonyl (C=O) groups is 2. The normalized spacial score (nSPS) is 21.5. The van der Waals surface area contributed by atoms with Gasteiger partial charge in [-0.25, -0.2) is 0 Å². The molecule has 2 unspecified atom stereocenters. The molecule has 5 nitrogen and oxygen atoms in total. The first-order chi connectivity index (χ1) is 14.6. The van der Waals surface area contributed by atoms with E-state index in [4.69, 9.17) is 4.74 Å². The van der Waals surface area contributed by atoms with Crippen molar-refractivity contribution in [3.63, 3.8) is 0 Å². The fourth-order valence-electron chi connectivity index (χ4n) is 4.39. The minimum Gasteiger partial charge on any atom is -0.503 e. The van der Waals surface area contributed by atoms with Crippen molar-refractivity contribution in [2.45, 2.75) is 44.8 Å². The molecule has 0 radical (unpaired) electrons. The molecule has 1 saturated heterocycles. The van der Waals surface area contributed by atoms with Gasteiger partial charge in [0, 0.05) is 19.6 Å². The molecular weight excluding hydrogens is 378 g/mol. The van der Waals surface area contributed by atoms with Gasteiger partial charge < -0.3 is 14.7 Å². The molecule has 30 heavy (non-hydrogen) atoms. The Morgan fingerprint density at radius 3 is 2.57 bits per heavy atom. The number of aliphatic hydroxyl groups excluding tert-OH is 1. The van der Waals surface area contributed by atoms with Gasteiger partial charge >= 0.3 is 0 Å². The number of rotatable bonds is 7. The summed E-state index contributed by atoms with van der Waals surface area (Å²) in [5.74, 6) is -1.09. The summed E-state index contributed by atoms with van der Waals surface area (Å²) in [5, 5.41) is 10.7. The lowest BCUT2D eigenvalue weighted by Gasteiger charge is -2.29. The topological polar surface area (TPSA) is 66.8 Å². The van der Waals surface area contributed by atoms with E-state index in [1.807, 2.05) is 61.5 Å². The molecule has 1 fully saturated rings. The zero-order valence-corrected chi connectivity index (χ0v) is 17.2. The highest BCUT2D eigenvalue weighted by molar-refractivity contribution is 6.09. The quantitative estimate of drug-likeness (QED) is 0.754. The van der Waals surface area contributed by atoms with E-state index in [0.29, 0.717) is 19.6 Å². The summed E-state index contributed by atoms with van der Waals surface area (Å²) in [6, 6.07) is 16.9. The van der Waals surface area contributed by atoms with Gasteiger partial charge in [0.15, 0.2) is 11.5 Å². The van der Waals surface area contributed by atoms with Crippen LogP contribution in [0.25, 0.3) is 0 Å². The standard InChI is InChI=1S/C25H27NO4/c1-17-8-5-6-12-20(17)23-22(21(27)14-13-18-9-3-2-4-10-18)24(28)25(29)26(23)16-19-11-7-15-30-19/h2-6,8-10,12,19,23,28H,7,11,13-16H2,1H3. The molecule has 0 bridgehead atoms. The maximum absolute atomic E-state index is 13.2. The van der Waals surface area contributed by atoms with Crippen LogP contribution in [0.1, 0.15) is 42.0 Å². The van der Waals surface area contributed by atoms with Crippen LogP contribution in [0.4, 0.5) is 0 Å². The molecule has 2 aromatic carbocycles. The van der Waals surface area contributed by atoms with Crippen LogP contribution in [-0.4, -0.2) is 41.0 Å². The van der Waals surface area contributed by atoms with Gasteiger partial charge in [0.25, 0.3) is 5.91 Å². The molecule has 2 heterocycles. The molecule has 2 aromatic rings. The molecule has 156 valence electrons. The second-order valence-electron chi connectivity index (χ2n) is 8.02. The summed E-state index contributed by atoms with van der Waals surface area (Å²) in [5.41, 5.74) is 3.12. The first kappa shape index (κ1) is 20.4. The summed E-state index contributed by atoms with van der Waals surface area (Å²) in [6.07, 6.45) is 2.59. The summed E-state index contributed by atoms with van der Waals surface area (Å²) in [4.78, 5) is 27.8. The number of ketones is 1. The molecule has 1 amide bonds. The fraction of sp³-hybridized carbons (Fsp3) is 0.360. The Morgan fingerprint density at radius 1 is 1.13 bits per heavy atom. The third-order valence-electron chi connectivity index (χ3n) is 6.00. The van der Waals surface area contributed by atoms with Crippen molar-refractivity contribution < 1.29 is 19.4 Å². The number of nitrogens with zero attached hydrogens (tertiary/aromatic N) is 1. The molecule has 4 rings (SSSR count). The number of amides is 1. The lowest BCUT2D eigenvalue weighted by molar-refractivity contribution is -0.131. The highest BCUT2D eigenvalue weighted by Gasteiger charge is 2.44. The van der Waals surface area contributed by atoms with Crippen LogP contribution in [0.2, 0.25) is 0 Å². The molecule has 5 heteroatoms. The largest absolute Gasteiger partial charge is 0.503 e. The average molecular weight is 405 g/mol. The van der Waals surface area contributed by atoms with Gasteiger partial charge in [0.1, 0.15) is 0 Å². The van der Waals surface area contributed by atoms with Gasteiger partial charge in [-0.05, 0) is 42.9 Å². The van der Waals surface area contributed by atoms with Crippen LogP contribution in [-0.2, 0) is 20.7 Å². The van der Waals surface area contributed by atoms with E-state index in [2.05, 4.69) is 0 Å². The molecule has 0 spiro atoms. The maximum atomic E-state index is 13.2. The molecule has 0 saturated carbocycles. The number of hydrogen-bond acceptors (Lipinski definition) is 4. The molecule has 2 atom stereocenters. The molecule has 2 aliphatic heterocycles. The zero-order chi connectivity index (χ0) is 21.1. The summed E-state index contributed by atoms with van der Waals surface area (Å²) in [7, 11) is 0. The minimum atomic E-state index is -0.578. The highest BCUT2D eigenvalue weighted by atomic mass is 16.5. The van der Waals surface area contributed by atoms with Crippen LogP contribution >= 0.6 is 0 Å². The van der Waals surface area contributed by atoms with Crippen LogP contribution < -0.4 is 0 Å². The second-order valence-corrected chi connectivity index (χ2v) is 8.02. The number of carbonyl (C=O) groups excluding carboxylic acids is 2. The molecule has 0 aliphatic carbocycles. The third kappa shape index (κ3) is 4.03. The van der Waals surface area contributed by atoms with Crippen molar-refractivity contribution >= 4 is 11.7 Å². The Hall–Kier alpha value is -2.92. The van der Waals surface area contributed by atoms with Gasteiger partial charge in [-0.1, -0.05) is 54.6 Å². The van der Waals surface area contributed by atoms with Crippen LogP contribution in [0.15, 0.2) is 65.9 Å². The smallest absolute Gasteiger partial charge is 0.290 e. The van der Waals surface area contributed by atoms with E-state index in [1.165, 1.54) is 0 Å². The van der Waals surface area contributed by atoms with Crippen LogP contribution in [0.5, 0.6) is 0 Å². The SMILES string of the molecule is Cc1ccccc1C1C(C(=O)CCc2ccccc2)=C(O)C(=O)N1CC1CCCO1. The highest BCUT2D eigenvalue weighted by Crippen LogP contribution is 2.40. The number of benzene rings is 2. The van der Waals surface area contributed by atoms with Gasteiger partial charge in [-0.15, -0.1) is 0 Å². The number of aliphatic hydroxyl groups is 1. The lowest BCUT2D eigenvalue weighted by atomic mass is 9.91. The predicted molar refractivity (Wildman–Crippen MR) is 114 cm³/mol. The monoisotopic (exact) mass is 405 g/mol. The van der Waals surface area contributed by atoms with Gasteiger partial charge in [0.2, 0.25) is 0 Å². The number of hydrogen-bond donors (Lipinski definition) is 1. The Labute approximate surface area is 177 Å². The van der Waals surface area contributed by atoms with E-state index in [-0.39, 0.29) is 23.9 Å². The van der Waals surface area contributed by atoms with Crippen molar-refractivity contribution in [1.82, 2.24) is 4.90 Å². The molecule has 0 aromatic heterocycles. The van der Waals surface area contributed by atoms with E-state index in [9.17, 15) is 14.7 Å². The maximum Gasteiger partial charge on any atom is 0.290 e. The summed E-state index contributed by atoms with van der Waals surface area (Å²) >= 11 is 0. The van der Waals surface area contributed by atoms with Crippen molar-refractivity contribution in [3.05, 3.63) is 82.6 Å². The molecule has 2 aliphatic rings. The van der Waals surface area contributed by atoms with Gasteiger partial charge in [0.05, 0.1) is 17.7 Å². The minimum absolute atomic E-state index is 0.0629. The zero-order valence-electron chi connectivity index (χ0n) is 17.2. The lowest BCUT2D eigenvalue weighted by Crippen LogP contribution is -2.37. The Morgan fingerprint density at radius 2 is 1.87 bits per heavy atom. The van der Waals surface area contributed by atoms with E-state index in [0.717, 1.165) is 29.5 Å². The first-order valence-electron chi connectivity index (χ1n) is 10.5. The van der Waals surface area contributed by atoms with Crippen molar-refractivity contribution in [3.8, 4) is 0 Å². The third-order valence-corrected chi connectivity index (χ3v) is 6.00. The second kappa shape index (κ2) is 8.84. The van der Waals surface area contributed by atoms with E-state index >= 15 is 0 Å². The van der Waals surface area contributed by atoms with Gasteiger partial charge in [-0.2, -0.15) is 0 Å². The Bertz CT molecular complexity index is 960. The summed E-state index contributed by atoms with van der Waals surface area (Å²) < 4.78 is 5.73. The van der Waals surface area contributed by atoms with Crippen LogP contribution in [0, 0.1) is 6.92 Å². The Balaban J connectivity index is 1.64. The first-order valence-corrected chi connectivity index (χ1v) is 10.5. The predicted octanol–water partition coefficient (Wildman–Crippen LogP) is 4.07. The average Bonchev–Trinajstić information content (AvgIpc) is 3.36. The number of ether oxygens (including phenoxy) is 1. The summed E-state index contributed by atoms with van der Waals surface area (Å²) in [6.45, 7) is 3.02. The van der Waals surface area contributed by atoms with Crippen molar-refractivity contribution in [1.29, 1.82) is 0 Å². The Kier molecular flexibility index (Phi) is 6.00. The van der Waals surface area contributed by atoms with Gasteiger partial charge in [-0.3, -0.25) is 9.59 Å². The van der Waals surface area contributed by atoms with E-state index < -0.39 is 17.7 Å². The number of Topliss-reactive ketones (excluding diaryl/α,β-unsaturated/α-hetero) is 1.